The second-order valence-electron chi connectivity index (χ2n) is 4.00. The van der Waals surface area contributed by atoms with E-state index in [1.807, 2.05) is 42.7 Å². The summed E-state index contributed by atoms with van der Waals surface area (Å²) < 4.78 is 1.84. The van der Waals surface area contributed by atoms with Crippen LogP contribution < -0.4 is 0 Å². The molecule has 0 saturated carbocycles. The molecule has 0 aliphatic carbocycles. The fraction of sp³-hybridized carbons (Fsp3) is 0.385. The highest BCUT2D eigenvalue weighted by Crippen LogP contribution is 2.23. The smallest absolute Gasteiger partial charge is 0.326 e. The zero-order valence-electron chi connectivity index (χ0n) is 10.1. The molecule has 1 heterocycles. The van der Waals surface area contributed by atoms with Crippen molar-refractivity contribution >= 4 is 17.0 Å². The Morgan fingerprint density at radius 3 is 2.71 bits per heavy atom. The van der Waals surface area contributed by atoms with Crippen LogP contribution >= 0.6 is 0 Å². The largest absolute Gasteiger partial charge is 0.480 e. The third-order valence-electron chi connectivity index (χ3n) is 2.97. The molecule has 17 heavy (non-hydrogen) atoms. The molecule has 0 unspecified atom stereocenters. The lowest BCUT2D eigenvalue weighted by molar-refractivity contribution is -0.140. The van der Waals surface area contributed by atoms with Crippen LogP contribution in [0, 0.1) is 0 Å². The second kappa shape index (κ2) is 4.57. The molecule has 1 aromatic heterocycles. The van der Waals surface area contributed by atoms with Crippen molar-refractivity contribution in [2.45, 2.75) is 32.7 Å². The lowest BCUT2D eigenvalue weighted by Crippen LogP contribution is -2.20. The topological polar surface area (TPSA) is 55.1 Å². The van der Waals surface area contributed by atoms with E-state index < -0.39 is 12.0 Å². The number of aliphatic carboxylic acids is 1. The first kappa shape index (κ1) is 11.6. The van der Waals surface area contributed by atoms with Gasteiger partial charge in [-0.25, -0.2) is 9.78 Å². The van der Waals surface area contributed by atoms with Gasteiger partial charge in [-0.3, -0.25) is 0 Å². The van der Waals surface area contributed by atoms with Crippen molar-refractivity contribution in [1.82, 2.24) is 9.55 Å². The Morgan fingerprint density at radius 2 is 2.12 bits per heavy atom. The second-order valence-corrected chi connectivity index (χ2v) is 4.00. The monoisotopic (exact) mass is 232 g/mol. The first-order valence-electron chi connectivity index (χ1n) is 5.87. The number of fused-ring (bicyclic) bond motifs is 1. The molecule has 90 valence electrons. The van der Waals surface area contributed by atoms with Crippen LogP contribution in [-0.2, 0) is 11.2 Å². The first-order chi connectivity index (χ1) is 8.19. The summed E-state index contributed by atoms with van der Waals surface area (Å²) in [7, 11) is 0. The van der Waals surface area contributed by atoms with Gasteiger partial charge in [0.2, 0.25) is 0 Å². The third-order valence-corrected chi connectivity index (χ3v) is 2.97. The summed E-state index contributed by atoms with van der Waals surface area (Å²) >= 11 is 0. The average molecular weight is 232 g/mol. The van der Waals surface area contributed by atoms with E-state index in [2.05, 4.69) is 4.98 Å². The van der Waals surface area contributed by atoms with Crippen molar-refractivity contribution in [3.8, 4) is 0 Å². The van der Waals surface area contributed by atoms with E-state index in [9.17, 15) is 9.90 Å². The maximum atomic E-state index is 11.3. The molecule has 0 bridgehead atoms. The Labute approximate surface area is 99.9 Å². The van der Waals surface area contributed by atoms with Gasteiger partial charge in [0.15, 0.2) is 0 Å². The highest BCUT2D eigenvalue weighted by atomic mass is 16.4. The lowest BCUT2D eigenvalue weighted by atomic mass is 10.2. The maximum absolute atomic E-state index is 11.3. The number of hydrogen-bond donors (Lipinski definition) is 1. The molecule has 0 spiro atoms. The summed E-state index contributed by atoms with van der Waals surface area (Å²) in [4.78, 5) is 15.8. The van der Waals surface area contributed by atoms with Crippen LogP contribution in [0.4, 0.5) is 0 Å². The molecule has 2 aromatic rings. The van der Waals surface area contributed by atoms with E-state index in [0.717, 1.165) is 23.3 Å². The van der Waals surface area contributed by atoms with Crippen LogP contribution in [0.3, 0.4) is 0 Å². The van der Waals surface area contributed by atoms with E-state index >= 15 is 0 Å². The van der Waals surface area contributed by atoms with Crippen molar-refractivity contribution in [2.75, 3.05) is 0 Å². The molecule has 2 rings (SSSR count). The van der Waals surface area contributed by atoms with Crippen molar-refractivity contribution in [3.05, 3.63) is 30.1 Å². The number of carbonyl (C=O) groups is 1. The van der Waals surface area contributed by atoms with Gasteiger partial charge in [-0.2, -0.15) is 0 Å². The summed E-state index contributed by atoms with van der Waals surface area (Å²) in [5.41, 5.74) is 1.77. The molecule has 0 amide bonds. The molecular weight excluding hydrogens is 216 g/mol. The highest BCUT2D eigenvalue weighted by molar-refractivity contribution is 5.80. The minimum Gasteiger partial charge on any atom is -0.480 e. The van der Waals surface area contributed by atoms with Crippen molar-refractivity contribution in [1.29, 1.82) is 0 Å². The Balaban J connectivity index is 2.68. The van der Waals surface area contributed by atoms with Crippen LogP contribution in [0.15, 0.2) is 24.3 Å². The van der Waals surface area contributed by atoms with Gasteiger partial charge < -0.3 is 9.67 Å². The highest BCUT2D eigenvalue weighted by Gasteiger charge is 2.22. The quantitative estimate of drug-likeness (QED) is 0.881. The van der Waals surface area contributed by atoms with Gasteiger partial charge in [-0.05, 0) is 18.6 Å². The third kappa shape index (κ3) is 1.90. The van der Waals surface area contributed by atoms with Gasteiger partial charge in [-0.15, -0.1) is 0 Å². The van der Waals surface area contributed by atoms with E-state index in [-0.39, 0.29) is 0 Å². The van der Waals surface area contributed by atoms with E-state index in [1.165, 1.54) is 0 Å². The number of aryl methyl sites for hydroxylation is 1. The van der Waals surface area contributed by atoms with Gasteiger partial charge in [0, 0.05) is 6.42 Å². The van der Waals surface area contributed by atoms with Crippen molar-refractivity contribution in [3.63, 3.8) is 0 Å². The van der Waals surface area contributed by atoms with E-state index in [4.69, 9.17) is 0 Å². The van der Waals surface area contributed by atoms with Crippen LogP contribution in [0.2, 0.25) is 0 Å². The summed E-state index contributed by atoms with van der Waals surface area (Å²) in [6.07, 6.45) is 1.29. The SMILES string of the molecule is CCc1nc2ccccc2n1[C@@H](CC)C(=O)O. The molecule has 0 fully saturated rings. The zero-order chi connectivity index (χ0) is 12.4. The molecular formula is C13H16N2O2. The predicted octanol–water partition coefficient (Wildman–Crippen LogP) is 2.63. The van der Waals surface area contributed by atoms with Gasteiger partial charge in [-0.1, -0.05) is 26.0 Å². The van der Waals surface area contributed by atoms with Crippen LogP contribution in [0.1, 0.15) is 32.1 Å². The van der Waals surface area contributed by atoms with Gasteiger partial charge >= 0.3 is 5.97 Å². The number of benzene rings is 1. The first-order valence-corrected chi connectivity index (χ1v) is 5.87. The number of nitrogens with zero attached hydrogens (tertiary/aromatic N) is 2. The summed E-state index contributed by atoms with van der Waals surface area (Å²) in [6.45, 7) is 3.87. The number of imidazole rings is 1. The molecule has 1 aromatic carbocycles. The minimum atomic E-state index is -0.801. The maximum Gasteiger partial charge on any atom is 0.326 e. The number of carboxylic acid groups (broad SMARTS) is 1. The summed E-state index contributed by atoms with van der Waals surface area (Å²) in [5, 5.41) is 9.28. The predicted molar refractivity (Wildman–Crippen MR) is 66.1 cm³/mol. The van der Waals surface area contributed by atoms with Gasteiger partial charge in [0.1, 0.15) is 11.9 Å². The lowest BCUT2D eigenvalue weighted by Gasteiger charge is -2.15. The number of rotatable bonds is 4. The molecule has 0 saturated heterocycles. The van der Waals surface area contributed by atoms with Crippen molar-refractivity contribution < 1.29 is 9.90 Å². The summed E-state index contributed by atoms with van der Waals surface area (Å²) in [6, 6.07) is 7.14. The van der Waals surface area contributed by atoms with E-state index in [1.54, 1.807) is 0 Å². The molecule has 0 aliphatic rings. The number of aromatic nitrogens is 2. The fourth-order valence-electron chi connectivity index (χ4n) is 2.16. The van der Waals surface area contributed by atoms with Gasteiger partial charge in [0.25, 0.3) is 0 Å². The molecule has 4 heteroatoms. The number of hydrogen-bond acceptors (Lipinski definition) is 2. The van der Waals surface area contributed by atoms with Crippen molar-refractivity contribution in [2.24, 2.45) is 0 Å². The summed E-state index contributed by atoms with van der Waals surface area (Å²) in [5.74, 6) is 0.0332. The number of para-hydroxylation sites is 2. The van der Waals surface area contributed by atoms with E-state index in [0.29, 0.717) is 6.42 Å². The average Bonchev–Trinajstić information content (AvgIpc) is 2.69. The standard InChI is InChI=1S/C13H16N2O2/c1-3-10(13(16)17)15-11-8-6-5-7-9(11)14-12(15)4-2/h5-8,10H,3-4H2,1-2H3,(H,16,17)/t10-/m0/s1. The van der Waals surface area contributed by atoms with Crippen LogP contribution in [0.5, 0.6) is 0 Å². The minimum absolute atomic E-state index is 0.530. The molecule has 1 atom stereocenters. The zero-order valence-corrected chi connectivity index (χ0v) is 10.1. The van der Waals surface area contributed by atoms with Crippen LogP contribution in [-0.4, -0.2) is 20.6 Å². The molecule has 0 aliphatic heterocycles. The Bertz CT molecular complexity index is 545. The molecule has 1 N–H and O–H groups in total. The normalized spacial score (nSPS) is 12.8. The fourth-order valence-corrected chi connectivity index (χ4v) is 2.16. The molecule has 0 radical (unpaired) electrons. The Morgan fingerprint density at radius 1 is 1.41 bits per heavy atom. The van der Waals surface area contributed by atoms with Gasteiger partial charge in [0.05, 0.1) is 11.0 Å². The van der Waals surface area contributed by atoms with Crippen LogP contribution in [0.25, 0.3) is 11.0 Å². The Hall–Kier alpha value is -1.84. The number of carboxylic acids is 1. The Kier molecular flexibility index (Phi) is 3.13. The molecule has 4 nitrogen and oxygen atoms in total.